The highest BCUT2D eigenvalue weighted by Crippen LogP contribution is 2.32. The van der Waals surface area contributed by atoms with Gasteiger partial charge >= 0.3 is 0 Å². The third-order valence-electron chi connectivity index (χ3n) is 6.05. The minimum absolute atomic E-state index is 0.381. The molecule has 3 saturated heterocycles. The predicted molar refractivity (Wildman–Crippen MR) is 112 cm³/mol. The summed E-state index contributed by atoms with van der Waals surface area (Å²) in [6, 6.07) is 8.49. The van der Waals surface area contributed by atoms with E-state index in [1.807, 2.05) is 0 Å². The minimum Gasteiger partial charge on any atom is -0.372 e. The van der Waals surface area contributed by atoms with Gasteiger partial charge in [-0.2, -0.15) is 10.1 Å². The molecule has 0 radical (unpaired) electrons. The lowest BCUT2D eigenvalue weighted by molar-refractivity contribution is -0.169. The molecule has 0 saturated carbocycles. The number of benzene rings is 1. The lowest BCUT2D eigenvalue weighted by Crippen LogP contribution is -2.45. The Morgan fingerprint density at radius 2 is 1.59 bits per heavy atom. The van der Waals surface area contributed by atoms with Crippen LogP contribution in [0.5, 0.6) is 0 Å². The Morgan fingerprint density at radius 1 is 0.862 bits per heavy atom. The molecule has 8 nitrogen and oxygen atoms in total. The third-order valence-corrected chi connectivity index (χ3v) is 6.05. The van der Waals surface area contributed by atoms with Gasteiger partial charge in [0.25, 0.3) is 0 Å². The maximum Gasteiger partial charge on any atom is 0.249 e. The van der Waals surface area contributed by atoms with Gasteiger partial charge in [-0.25, -0.2) is 0 Å². The first-order chi connectivity index (χ1) is 14.3. The van der Waals surface area contributed by atoms with Gasteiger partial charge in [0.1, 0.15) is 0 Å². The highest BCUT2D eigenvalue weighted by atomic mass is 16.7. The Balaban J connectivity index is 1.22. The standard InChI is InChI=1S/C21H28N6O2/c1-2-10-26(11-3-1)18-6-4-17(5-7-18)23-20-24-19(16-22-25-20)27-12-8-21(9-13-27)28-14-15-29-21/h4-7,16H,1-3,8-15H2,(H,23,24,25). The van der Waals surface area contributed by atoms with E-state index in [2.05, 4.69) is 54.6 Å². The molecule has 0 aliphatic carbocycles. The molecule has 0 amide bonds. The second-order valence-corrected chi connectivity index (χ2v) is 7.95. The van der Waals surface area contributed by atoms with Gasteiger partial charge in [-0.05, 0) is 43.5 Å². The largest absolute Gasteiger partial charge is 0.372 e. The summed E-state index contributed by atoms with van der Waals surface area (Å²) in [7, 11) is 0. The summed E-state index contributed by atoms with van der Waals surface area (Å²) in [5, 5.41) is 11.6. The van der Waals surface area contributed by atoms with Gasteiger partial charge in [0, 0.05) is 50.4 Å². The van der Waals surface area contributed by atoms with Crippen LogP contribution in [0.1, 0.15) is 32.1 Å². The van der Waals surface area contributed by atoms with Gasteiger partial charge in [0.15, 0.2) is 11.6 Å². The van der Waals surface area contributed by atoms with E-state index in [-0.39, 0.29) is 5.79 Å². The van der Waals surface area contributed by atoms with E-state index in [1.54, 1.807) is 6.20 Å². The van der Waals surface area contributed by atoms with Gasteiger partial charge in [-0.1, -0.05) is 0 Å². The summed E-state index contributed by atoms with van der Waals surface area (Å²) in [5.74, 6) is 0.968. The SMILES string of the molecule is c1cc(N2CCCCC2)ccc1Nc1nncc(N2CCC3(CC2)OCCO3)n1. The highest BCUT2D eigenvalue weighted by molar-refractivity contribution is 5.60. The zero-order chi connectivity index (χ0) is 19.5. The average Bonchev–Trinajstić information content (AvgIpc) is 3.23. The van der Waals surface area contributed by atoms with E-state index in [1.165, 1.54) is 24.9 Å². The molecule has 3 fully saturated rings. The summed E-state index contributed by atoms with van der Waals surface area (Å²) in [4.78, 5) is 9.34. The van der Waals surface area contributed by atoms with Crippen molar-refractivity contribution in [1.82, 2.24) is 15.2 Å². The fourth-order valence-electron chi connectivity index (χ4n) is 4.40. The van der Waals surface area contributed by atoms with Crippen molar-refractivity contribution in [2.24, 2.45) is 0 Å². The first-order valence-electron chi connectivity index (χ1n) is 10.6. The molecule has 1 aromatic heterocycles. The smallest absolute Gasteiger partial charge is 0.249 e. The first kappa shape index (κ1) is 18.6. The number of nitrogens with one attached hydrogen (secondary N) is 1. The third kappa shape index (κ3) is 4.13. The van der Waals surface area contributed by atoms with Gasteiger partial charge in [0.2, 0.25) is 5.95 Å². The predicted octanol–water partition coefficient (Wildman–Crippen LogP) is 2.95. The number of hydrogen-bond donors (Lipinski definition) is 1. The van der Waals surface area contributed by atoms with Crippen molar-refractivity contribution < 1.29 is 9.47 Å². The van der Waals surface area contributed by atoms with E-state index in [4.69, 9.17) is 9.47 Å². The van der Waals surface area contributed by atoms with Crippen LogP contribution in [-0.2, 0) is 9.47 Å². The molecule has 0 bridgehead atoms. The van der Waals surface area contributed by atoms with Crippen LogP contribution in [0.2, 0.25) is 0 Å². The van der Waals surface area contributed by atoms with Gasteiger partial charge in [-0.3, -0.25) is 0 Å². The first-order valence-corrected chi connectivity index (χ1v) is 10.6. The van der Waals surface area contributed by atoms with Gasteiger partial charge in [0.05, 0.1) is 19.4 Å². The number of rotatable bonds is 4. The molecule has 1 aromatic carbocycles. The molecule has 8 heteroatoms. The number of piperidine rings is 2. The normalized spacial score (nSPS) is 21.5. The molecular formula is C21H28N6O2. The molecule has 1 spiro atoms. The molecule has 154 valence electrons. The van der Waals surface area contributed by atoms with E-state index >= 15 is 0 Å². The molecule has 3 aliphatic rings. The van der Waals surface area contributed by atoms with Crippen molar-refractivity contribution in [3.05, 3.63) is 30.5 Å². The number of aromatic nitrogens is 3. The van der Waals surface area contributed by atoms with Crippen molar-refractivity contribution in [1.29, 1.82) is 0 Å². The Morgan fingerprint density at radius 3 is 2.31 bits per heavy atom. The Labute approximate surface area is 171 Å². The lowest BCUT2D eigenvalue weighted by Gasteiger charge is -2.37. The second kappa shape index (κ2) is 8.12. The molecule has 2 aromatic rings. The fourth-order valence-corrected chi connectivity index (χ4v) is 4.40. The molecule has 29 heavy (non-hydrogen) atoms. The van der Waals surface area contributed by atoms with Crippen LogP contribution in [0.4, 0.5) is 23.1 Å². The minimum atomic E-state index is -0.381. The summed E-state index contributed by atoms with van der Waals surface area (Å²) in [5.41, 5.74) is 2.25. The van der Waals surface area contributed by atoms with Crippen LogP contribution in [0.3, 0.4) is 0 Å². The van der Waals surface area contributed by atoms with Crippen molar-refractivity contribution in [3.63, 3.8) is 0 Å². The monoisotopic (exact) mass is 396 g/mol. The molecule has 1 N–H and O–H groups in total. The highest BCUT2D eigenvalue weighted by Gasteiger charge is 2.40. The van der Waals surface area contributed by atoms with Crippen LogP contribution in [0.15, 0.2) is 30.5 Å². The van der Waals surface area contributed by atoms with Crippen LogP contribution in [-0.4, -0.2) is 60.4 Å². The van der Waals surface area contributed by atoms with Crippen LogP contribution >= 0.6 is 0 Å². The van der Waals surface area contributed by atoms with E-state index in [9.17, 15) is 0 Å². The van der Waals surface area contributed by atoms with Gasteiger partial charge in [-0.15, -0.1) is 5.10 Å². The maximum absolute atomic E-state index is 5.81. The molecule has 5 rings (SSSR count). The molecular weight excluding hydrogens is 368 g/mol. The topological polar surface area (TPSA) is 75.6 Å². The van der Waals surface area contributed by atoms with Crippen LogP contribution < -0.4 is 15.1 Å². The van der Waals surface area contributed by atoms with E-state index in [0.29, 0.717) is 19.2 Å². The van der Waals surface area contributed by atoms with Crippen molar-refractivity contribution in [2.75, 3.05) is 54.5 Å². The zero-order valence-corrected chi connectivity index (χ0v) is 16.7. The maximum atomic E-state index is 5.81. The Hall–Kier alpha value is -2.45. The van der Waals surface area contributed by atoms with Crippen molar-refractivity contribution in [2.45, 2.75) is 37.9 Å². The Kier molecular flexibility index (Phi) is 5.20. The van der Waals surface area contributed by atoms with E-state index < -0.39 is 0 Å². The van der Waals surface area contributed by atoms with Crippen LogP contribution in [0.25, 0.3) is 0 Å². The Bertz CT molecular complexity index is 808. The average molecular weight is 396 g/mol. The van der Waals surface area contributed by atoms with Crippen LogP contribution in [0, 0.1) is 0 Å². The quantitative estimate of drug-likeness (QED) is 0.845. The molecule has 0 atom stereocenters. The number of ether oxygens (including phenoxy) is 2. The fraction of sp³-hybridized carbons (Fsp3) is 0.571. The summed E-state index contributed by atoms with van der Waals surface area (Å²) < 4.78 is 11.6. The summed E-state index contributed by atoms with van der Waals surface area (Å²) in [6.45, 7) is 5.36. The summed E-state index contributed by atoms with van der Waals surface area (Å²) >= 11 is 0. The summed E-state index contributed by atoms with van der Waals surface area (Å²) in [6.07, 6.45) is 7.31. The number of nitrogens with zero attached hydrogens (tertiary/aromatic N) is 5. The second-order valence-electron chi connectivity index (χ2n) is 7.95. The van der Waals surface area contributed by atoms with Gasteiger partial charge < -0.3 is 24.6 Å². The molecule has 4 heterocycles. The molecule has 0 unspecified atom stereocenters. The lowest BCUT2D eigenvalue weighted by atomic mass is 10.0. The van der Waals surface area contributed by atoms with Crippen molar-refractivity contribution in [3.8, 4) is 0 Å². The zero-order valence-electron chi connectivity index (χ0n) is 16.7. The number of hydrogen-bond acceptors (Lipinski definition) is 8. The number of anilines is 4. The van der Waals surface area contributed by atoms with E-state index in [0.717, 1.165) is 50.5 Å². The molecule has 3 aliphatic heterocycles. The van der Waals surface area contributed by atoms with Crippen molar-refractivity contribution >= 4 is 23.1 Å².